The van der Waals surface area contributed by atoms with Crippen molar-refractivity contribution >= 4 is 11.7 Å². The van der Waals surface area contributed by atoms with Crippen LogP contribution >= 0.6 is 0 Å². The molecule has 1 rings (SSSR count). The van der Waals surface area contributed by atoms with Crippen LogP contribution in [0.3, 0.4) is 0 Å². The first-order valence-electron chi connectivity index (χ1n) is 3.16. The minimum Gasteiger partial charge on any atom is -0.382 e. The molecule has 0 bridgehead atoms. The molecule has 11 heavy (non-hydrogen) atoms. The topological polar surface area (TPSA) is 72.9 Å². The van der Waals surface area contributed by atoms with E-state index >= 15 is 0 Å². The lowest BCUT2D eigenvalue weighted by atomic mass is 10.3. The van der Waals surface area contributed by atoms with Gasteiger partial charge in [-0.1, -0.05) is 0 Å². The van der Waals surface area contributed by atoms with Gasteiger partial charge in [-0.05, 0) is 0 Å². The molecule has 0 saturated heterocycles. The first-order chi connectivity index (χ1) is 5.15. The van der Waals surface area contributed by atoms with Gasteiger partial charge in [0.2, 0.25) is 0 Å². The average molecular weight is 154 g/mol. The highest BCUT2D eigenvalue weighted by Gasteiger charge is 2.10. The first-order valence-corrected chi connectivity index (χ1v) is 3.16. The highest BCUT2D eigenvalue weighted by atomic mass is 16.1. The molecule has 0 aliphatic heterocycles. The molecule has 0 aromatic carbocycles. The molecule has 5 nitrogen and oxygen atoms in total. The summed E-state index contributed by atoms with van der Waals surface area (Å²) >= 11 is 0. The van der Waals surface area contributed by atoms with Crippen molar-refractivity contribution in [3.8, 4) is 0 Å². The Bertz CT molecular complexity index is 278. The van der Waals surface area contributed by atoms with Crippen molar-refractivity contribution in [2.45, 2.75) is 0 Å². The Morgan fingerprint density at radius 3 is 2.82 bits per heavy atom. The van der Waals surface area contributed by atoms with Crippen molar-refractivity contribution in [1.29, 1.82) is 0 Å². The van der Waals surface area contributed by atoms with Crippen LogP contribution in [0.4, 0.5) is 5.82 Å². The van der Waals surface area contributed by atoms with E-state index in [4.69, 9.17) is 5.73 Å². The van der Waals surface area contributed by atoms with E-state index in [-0.39, 0.29) is 11.7 Å². The van der Waals surface area contributed by atoms with Crippen LogP contribution in [0.25, 0.3) is 0 Å². The van der Waals surface area contributed by atoms with Gasteiger partial charge in [0.25, 0.3) is 5.91 Å². The van der Waals surface area contributed by atoms with Gasteiger partial charge in [-0.2, -0.15) is 5.10 Å². The number of nitrogens with zero attached hydrogens (tertiary/aromatic N) is 2. The lowest BCUT2D eigenvalue weighted by molar-refractivity contribution is 0.0964. The number of nitrogens with one attached hydrogen (secondary N) is 1. The third kappa shape index (κ3) is 1.31. The van der Waals surface area contributed by atoms with E-state index in [1.165, 1.54) is 4.68 Å². The SMILES string of the molecule is CNC(=O)c1cn(C)nc1N. The fourth-order valence-corrected chi connectivity index (χ4v) is 0.815. The summed E-state index contributed by atoms with van der Waals surface area (Å²) in [5.74, 6) is 0.0439. The second-order valence-corrected chi connectivity index (χ2v) is 2.18. The highest BCUT2D eigenvalue weighted by molar-refractivity contribution is 5.97. The molecular weight excluding hydrogens is 144 g/mol. The van der Waals surface area contributed by atoms with Crippen LogP contribution < -0.4 is 11.1 Å². The zero-order chi connectivity index (χ0) is 8.43. The van der Waals surface area contributed by atoms with Crippen LogP contribution in [-0.4, -0.2) is 22.7 Å². The molecular formula is C6H10N4O. The molecule has 3 N–H and O–H groups in total. The number of hydrogen-bond donors (Lipinski definition) is 2. The molecule has 0 atom stereocenters. The number of aromatic nitrogens is 2. The van der Waals surface area contributed by atoms with Crippen LogP contribution in [0.15, 0.2) is 6.20 Å². The standard InChI is InChI=1S/C6H10N4O/c1-8-6(11)4-3-10(2)9-5(4)7/h3H,1-2H3,(H2,7,9)(H,8,11). The Morgan fingerprint density at radius 2 is 2.45 bits per heavy atom. The number of carbonyl (C=O) groups is 1. The van der Waals surface area contributed by atoms with E-state index < -0.39 is 0 Å². The molecule has 0 fully saturated rings. The molecule has 60 valence electrons. The van der Waals surface area contributed by atoms with Crippen molar-refractivity contribution in [3.63, 3.8) is 0 Å². The zero-order valence-electron chi connectivity index (χ0n) is 6.46. The monoisotopic (exact) mass is 154 g/mol. The molecule has 0 spiro atoms. The minimum absolute atomic E-state index is 0.212. The maximum atomic E-state index is 11.0. The summed E-state index contributed by atoms with van der Waals surface area (Å²) in [4.78, 5) is 11.0. The number of amides is 1. The van der Waals surface area contributed by atoms with Crippen molar-refractivity contribution < 1.29 is 4.79 Å². The van der Waals surface area contributed by atoms with Crippen LogP contribution in [0.5, 0.6) is 0 Å². The summed E-state index contributed by atoms with van der Waals surface area (Å²) < 4.78 is 1.50. The van der Waals surface area contributed by atoms with E-state index in [0.29, 0.717) is 5.56 Å². The van der Waals surface area contributed by atoms with E-state index in [1.54, 1.807) is 20.3 Å². The summed E-state index contributed by atoms with van der Waals surface area (Å²) in [6.07, 6.45) is 1.58. The fraction of sp³-hybridized carbons (Fsp3) is 0.333. The Morgan fingerprint density at radius 1 is 1.82 bits per heavy atom. The number of hydrogen-bond acceptors (Lipinski definition) is 3. The number of rotatable bonds is 1. The van der Waals surface area contributed by atoms with Crippen molar-refractivity contribution in [1.82, 2.24) is 15.1 Å². The van der Waals surface area contributed by atoms with Gasteiger partial charge in [-0.15, -0.1) is 0 Å². The number of carbonyl (C=O) groups excluding carboxylic acids is 1. The molecule has 0 unspecified atom stereocenters. The Balaban J connectivity index is 3.03. The molecule has 0 aliphatic carbocycles. The minimum atomic E-state index is -0.212. The number of aryl methyl sites for hydroxylation is 1. The van der Waals surface area contributed by atoms with Crippen LogP contribution in [-0.2, 0) is 7.05 Å². The summed E-state index contributed by atoms with van der Waals surface area (Å²) in [5, 5.41) is 6.28. The number of nitrogens with two attached hydrogens (primary N) is 1. The fourth-order valence-electron chi connectivity index (χ4n) is 0.815. The third-order valence-corrected chi connectivity index (χ3v) is 1.33. The quantitative estimate of drug-likeness (QED) is 0.565. The molecule has 1 amide bonds. The third-order valence-electron chi connectivity index (χ3n) is 1.33. The van der Waals surface area contributed by atoms with E-state index in [9.17, 15) is 4.79 Å². The van der Waals surface area contributed by atoms with Gasteiger partial charge in [0, 0.05) is 20.3 Å². The number of nitrogen functional groups attached to an aromatic ring is 1. The molecule has 0 aliphatic rings. The maximum absolute atomic E-state index is 11.0. The second-order valence-electron chi connectivity index (χ2n) is 2.18. The highest BCUT2D eigenvalue weighted by Crippen LogP contribution is 2.06. The summed E-state index contributed by atoms with van der Waals surface area (Å²) in [7, 11) is 3.26. The maximum Gasteiger partial charge on any atom is 0.256 e. The van der Waals surface area contributed by atoms with E-state index in [0.717, 1.165) is 0 Å². The molecule has 5 heteroatoms. The van der Waals surface area contributed by atoms with Crippen LogP contribution in [0.1, 0.15) is 10.4 Å². The van der Waals surface area contributed by atoms with Gasteiger partial charge in [0.1, 0.15) is 5.56 Å². The summed E-state index contributed by atoms with van der Waals surface area (Å²) in [6, 6.07) is 0. The molecule has 0 radical (unpaired) electrons. The van der Waals surface area contributed by atoms with E-state index in [2.05, 4.69) is 10.4 Å². The smallest absolute Gasteiger partial charge is 0.256 e. The van der Waals surface area contributed by atoms with Crippen molar-refractivity contribution in [2.75, 3.05) is 12.8 Å². The van der Waals surface area contributed by atoms with Gasteiger partial charge in [-0.25, -0.2) is 0 Å². The Kier molecular flexibility index (Phi) is 1.80. The zero-order valence-corrected chi connectivity index (χ0v) is 6.46. The predicted octanol–water partition coefficient (Wildman–Crippen LogP) is -0.638. The van der Waals surface area contributed by atoms with Gasteiger partial charge in [0.05, 0.1) is 0 Å². The predicted molar refractivity (Wildman–Crippen MR) is 41.0 cm³/mol. The molecule has 1 aromatic heterocycles. The molecule has 0 saturated carbocycles. The molecule has 1 aromatic rings. The van der Waals surface area contributed by atoms with Crippen molar-refractivity contribution in [3.05, 3.63) is 11.8 Å². The van der Waals surface area contributed by atoms with Gasteiger partial charge in [0.15, 0.2) is 5.82 Å². The summed E-state index contributed by atoms with van der Waals surface area (Å²) in [5.41, 5.74) is 5.84. The van der Waals surface area contributed by atoms with Crippen LogP contribution in [0, 0.1) is 0 Å². The summed E-state index contributed by atoms with van der Waals surface area (Å²) in [6.45, 7) is 0. The van der Waals surface area contributed by atoms with Gasteiger partial charge in [-0.3, -0.25) is 9.48 Å². The number of anilines is 1. The van der Waals surface area contributed by atoms with Crippen LogP contribution in [0.2, 0.25) is 0 Å². The van der Waals surface area contributed by atoms with Gasteiger partial charge < -0.3 is 11.1 Å². The lowest BCUT2D eigenvalue weighted by Crippen LogP contribution is -2.18. The van der Waals surface area contributed by atoms with Gasteiger partial charge >= 0.3 is 0 Å². The second kappa shape index (κ2) is 2.61. The Hall–Kier alpha value is -1.52. The average Bonchev–Trinajstić information content (AvgIpc) is 2.28. The first kappa shape index (κ1) is 7.59. The normalized spacial score (nSPS) is 9.64. The van der Waals surface area contributed by atoms with Crippen molar-refractivity contribution in [2.24, 2.45) is 7.05 Å². The van der Waals surface area contributed by atoms with E-state index in [1.807, 2.05) is 0 Å². The largest absolute Gasteiger partial charge is 0.382 e. The lowest BCUT2D eigenvalue weighted by Gasteiger charge is -1.93. The Labute approximate surface area is 64.2 Å². The molecule has 1 heterocycles.